The Bertz CT molecular complexity index is 833. The monoisotopic (exact) mass is 411 g/mol. The summed E-state index contributed by atoms with van der Waals surface area (Å²) in [7, 11) is 0. The number of rotatable bonds is 10. The number of morpholine rings is 1. The lowest BCUT2D eigenvalue weighted by Crippen LogP contribution is -2.37. The number of aryl methyl sites for hydroxylation is 1. The third-order valence-corrected chi connectivity index (χ3v) is 6.19. The van der Waals surface area contributed by atoms with Crippen molar-refractivity contribution in [3.05, 3.63) is 46.8 Å². The molecule has 3 rings (SSSR count). The Balaban J connectivity index is 1.93. The fourth-order valence-corrected chi connectivity index (χ4v) is 4.51. The highest BCUT2D eigenvalue weighted by Crippen LogP contribution is 2.34. The van der Waals surface area contributed by atoms with Gasteiger partial charge in [0, 0.05) is 43.1 Å². The highest BCUT2D eigenvalue weighted by atomic mass is 16.5. The number of ether oxygens (including phenoxy) is 1. The zero-order valence-electron chi connectivity index (χ0n) is 18.9. The van der Waals surface area contributed by atoms with E-state index >= 15 is 0 Å². The van der Waals surface area contributed by atoms with E-state index in [1.54, 1.807) is 0 Å². The van der Waals surface area contributed by atoms with Crippen LogP contribution in [0, 0.1) is 13.8 Å². The van der Waals surface area contributed by atoms with E-state index in [0.29, 0.717) is 5.56 Å². The smallest absolute Gasteiger partial charge is 0.251 e. The molecule has 0 atom stereocenters. The molecule has 1 aliphatic heterocycles. The van der Waals surface area contributed by atoms with Gasteiger partial charge in [-0.1, -0.05) is 49.6 Å². The van der Waals surface area contributed by atoms with E-state index in [2.05, 4.69) is 54.5 Å². The first-order valence-corrected chi connectivity index (χ1v) is 11.4. The van der Waals surface area contributed by atoms with Crippen LogP contribution in [0.3, 0.4) is 0 Å². The summed E-state index contributed by atoms with van der Waals surface area (Å²) in [4.78, 5) is 15.0. The molecule has 0 aliphatic carbocycles. The number of hydrogen-bond donors (Lipinski definition) is 1. The van der Waals surface area contributed by atoms with Crippen LogP contribution < -0.4 is 5.73 Å². The summed E-state index contributed by atoms with van der Waals surface area (Å²) in [5.41, 5.74) is 12.2. The molecule has 2 N–H and O–H groups in total. The largest absolute Gasteiger partial charge is 0.379 e. The predicted octanol–water partition coefficient (Wildman–Crippen LogP) is 4.33. The molecule has 2 heterocycles. The maximum atomic E-state index is 12.5. The molecule has 0 unspecified atom stereocenters. The van der Waals surface area contributed by atoms with E-state index in [1.165, 1.54) is 24.1 Å². The molecule has 0 saturated carbocycles. The molecule has 5 heteroatoms. The maximum absolute atomic E-state index is 12.5. The molecular weight excluding hydrogens is 374 g/mol. The fourth-order valence-electron chi connectivity index (χ4n) is 4.51. The lowest BCUT2D eigenvalue weighted by Gasteiger charge is -2.26. The van der Waals surface area contributed by atoms with Crippen LogP contribution in [0.1, 0.15) is 59.9 Å². The Morgan fingerprint density at radius 3 is 2.37 bits per heavy atom. The molecule has 1 aromatic heterocycles. The molecule has 164 valence electrons. The van der Waals surface area contributed by atoms with Crippen molar-refractivity contribution in [3.63, 3.8) is 0 Å². The van der Waals surface area contributed by atoms with Gasteiger partial charge >= 0.3 is 0 Å². The third kappa shape index (κ3) is 5.32. The molecule has 1 saturated heterocycles. The van der Waals surface area contributed by atoms with Crippen molar-refractivity contribution in [3.8, 4) is 11.1 Å². The second-order valence-corrected chi connectivity index (χ2v) is 8.43. The summed E-state index contributed by atoms with van der Waals surface area (Å²) < 4.78 is 7.83. The van der Waals surface area contributed by atoms with Gasteiger partial charge in [0.2, 0.25) is 0 Å². The van der Waals surface area contributed by atoms with Gasteiger partial charge in [0.1, 0.15) is 0 Å². The van der Waals surface area contributed by atoms with E-state index < -0.39 is 0 Å². The van der Waals surface area contributed by atoms with Crippen molar-refractivity contribution in [2.75, 3.05) is 32.8 Å². The summed E-state index contributed by atoms with van der Waals surface area (Å²) in [6.07, 6.45) is 5.53. The molecule has 0 radical (unpaired) electrons. The Labute approximate surface area is 181 Å². The number of carbonyl (C=O) groups is 1. The van der Waals surface area contributed by atoms with Gasteiger partial charge in [-0.3, -0.25) is 9.69 Å². The number of aromatic nitrogens is 1. The third-order valence-electron chi connectivity index (χ3n) is 6.19. The van der Waals surface area contributed by atoms with E-state index in [4.69, 9.17) is 10.5 Å². The van der Waals surface area contributed by atoms with Crippen LogP contribution in [0.2, 0.25) is 0 Å². The molecule has 5 nitrogen and oxygen atoms in total. The summed E-state index contributed by atoms with van der Waals surface area (Å²) in [5.74, 6) is -0.327. The molecule has 0 spiro atoms. The molecule has 30 heavy (non-hydrogen) atoms. The Kier molecular flexibility index (Phi) is 8.11. The van der Waals surface area contributed by atoms with Gasteiger partial charge in [-0.25, -0.2) is 0 Å². The van der Waals surface area contributed by atoms with Crippen LogP contribution >= 0.6 is 0 Å². The standard InChI is InChI=1S/C25H37N3O2/c1-4-5-6-8-22-24(21-11-9-19(2)10-12-21)23(25(26)29)20(3)28(22)14-7-13-27-15-17-30-18-16-27/h9-12H,4-8,13-18H2,1-3H3,(H2,26,29). The first-order valence-electron chi connectivity index (χ1n) is 11.4. The zero-order valence-corrected chi connectivity index (χ0v) is 18.9. The van der Waals surface area contributed by atoms with Crippen molar-refractivity contribution < 1.29 is 9.53 Å². The van der Waals surface area contributed by atoms with Gasteiger partial charge in [-0.2, -0.15) is 0 Å². The second-order valence-electron chi connectivity index (χ2n) is 8.43. The molecule has 1 aliphatic rings. The highest BCUT2D eigenvalue weighted by molar-refractivity contribution is 6.02. The van der Waals surface area contributed by atoms with Gasteiger partial charge in [-0.05, 0) is 38.7 Å². The molecule has 1 aromatic carbocycles. The number of hydrogen-bond acceptors (Lipinski definition) is 3. The highest BCUT2D eigenvalue weighted by Gasteiger charge is 2.24. The Morgan fingerprint density at radius 2 is 1.73 bits per heavy atom. The van der Waals surface area contributed by atoms with Crippen molar-refractivity contribution in [1.29, 1.82) is 0 Å². The van der Waals surface area contributed by atoms with Crippen LogP contribution in [0.4, 0.5) is 0 Å². The van der Waals surface area contributed by atoms with E-state index in [1.807, 2.05) is 0 Å². The fraction of sp³-hybridized carbons (Fsp3) is 0.560. The Morgan fingerprint density at radius 1 is 1.03 bits per heavy atom. The normalized spacial score (nSPS) is 14.9. The first kappa shape index (κ1) is 22.6. The van der Waals surface area contributed by atoms with Crippen LogP contribution in [0.5, 0.6) is 0 Å². The molecule has 1 amide bonds. The van der Waals surface area contributed by atoms with Crippen molar-refractivity contribution in [1.82, 2.24) is 9.47 Å². The number of amides is 1. The van der Waals surface area contributed by atoms with Gasteiger partial charge < -0.3 is 15.0 Å². The average Bonchev–Trinajstić information content (AvgIpc) is 3.01. The van der Waals surface area contributed by atoms with Crippen LogP contribution in [0.15, 0.2) is 24.3 Å². The van der Waals surface area contributed by atoms with Gasteiger partial charge in [0.25, 0.3) is 5.91 Å². The van der Waals surface area contributed by atoms with Crippen molar-refractivity contribution in [2.45, 2.75) is 59.4 Å². The van der Waals surface area contributed by atoms with E-state index in [0.717, 1.165) is 75.5 Å². The van der Waals surface area contributed by atoms with E-state index in [9.17, 15) is 4.79 Å². The number of unbranched alkanes of at least 4 members (excludes halogenated alkanes) is 2. The zero-order chi connectivity index (χ0) is 21.5. The average molecular weight is 412 g/mol. The quantitative estimate of drug-likeness (QED) is 0.592. The number of carbonyl (C=O) groups excluding carboxylic acids is 1. The lowest BCUT2D eigenvalue weighted by atomic mass is 9.96. The number of benzene rings is 1. The molecule has 0 bridgehead atoms. The minimum atomic E-state index is -0.327. The lowest BCUT2D eigenvalue weighted by molar-refractivity contribution is 0.0369. The maximum Gasteiger partial charge on any atom is 0.251 e. The SMILES string of the molecule is CCCCCc1c(-c2ccc(C)cc2)c(C(N)=O)c(C)n1CCCN1CCOCC1. The topological polar surface area (TPSA) is 60.5 Å². The predicted molar refractivity (Wildman–Crippen MR) is 123 cm³/mol. The Hall–Kier alpha value is -2.11. The molecule has 2 aromatic rings. The van der Waals surface area contributed by atoms with Crippen LogP contribution in [0.25, 0.3) is 11.1 Å². The minimum absolute atomic E-state index is 0.327. The van der Waals surface area contributed by atoms with Crippen LogP contribution in [-0.4, -0.2) is 48.2 Å². The number of primary amides is 1. The van der Waals surface area contributed by atoms with Gasteiger partial charge in [-0.15, -0.1) is 0 Å². The summed E-state index contributed by atoms with van der Waals surface area (Å²) in [6.45, 7) is 12.0. The minimum Gasteiger partial charge on any atom is -0.379 e. The molecule has 1 fully saturated rings. The second kappa shape index (κ2) is 10.8. The van der Waals surface area contributed by atoms with Crippen molar-refractivity contribution >= 4 is 5.91 Å². The van der Waals surface area contributed by atoms with Gasteiger partial charge in [0.05, 0.1) is 18.8 Å². The summed E-state index contributed by atoms with van der Waals surface area (Å²) in [5, 5.41) is 0. The van der Waals surface area contributed by atoms with Crippen LogP contribution in [-0.2, 0) is 17.7 Å². The first-order chi connectivity index (χ1) is 14.5. The number of nitrogens with two attached hydrogens (primary N) is 1. The summed E-state index contributed by atoms with van der Waals surface area (Å²) >= 11 is 0. The molecular formula is C25H37N3O2. The van der Waals surface area contributed by atoms with Crippen molar-refractivity contribution in [2.24, 2.45) is 5.73 Å². The summed E-state index contributed by atoms with van der Waals surface area (Å²) in [6, 6.07) is 8.47. The van der Waals surface area contributed by atoms with E-state index in [-0.39, 0.29) is 5.91 Å². The van der Waals surface area contributed by atoms with Gasteiger partial charge in [0.15, 0.2) is 0 Å². The number of nitrogens with zero attached hydrogens (tertiary/aromatic N) is 2.